The molecular formula is C24H24N2O4. The Morgan fingerprint density at radius 1 is 1.03 bits per heavy atom. The minimum atomic E-state index is -0.681. The molecule has 0 atom stereocenters. The zero-order valence-corrected chi connectivity index (χ0v) is 16.7. The first-order chi connectivity index (χ1) is 14.6. The number of aryl methyl sites for hydroxylation is 2. The molecule has 0 radical (unpaired) electrons. The Balaban J connectivity index is 1.61. The molecule has 6 heteroatoms. The minimum absolute atomic E-state index is 0.185. The first kappa shape index (κ1) is 21.1. The molecule has 6 nitrogen and oxygen atoms in total. The van der Waals surface area contributed by atoms with Crippen molar-refractivity contribution < 1.29 is 14.7 Å². The van der Waals surface area contributed by atoms with E-state index in [0.29, 0.717) is 18.5 Å². The Bertz CT molecular complexity index is 1070. The maximum atomic E-state index is 12.5. The predicted molar refractivity (Wildman–Crippen MR) is 116 cm³/mol. The quantitative estimate of drug-likeness (QED) is 0.343. The molecule has 0 aliphatic heterocycles. The molecule has 2 aromatic carbocycles. The molecule has 0 aliphatic carbocycles. The molecule has 0 saturated heterocycles. The first-order valence-electron chi connectivity index (χ1n) is 9.61. The first-order valence-corrected chi connectivity index (χ1v) is 9.61. The van der Waals surface area contributed by atoms with Crippen molar-refractivity contribution in [2.45, 2.75) is 19.4 Å². The number of nitrogens with one attached hydrogen (secondary N) is 1. The molecule has 30 heavy (non-hydrogen) atoms. The van der Waals surface area contributed by atoms with Gasteiger partial charge in [0.25, 0.3) is 11.5 Å². The molecule has 0 saturated carbocycles. The maximum Gasteiger partial charge on any atom is 0.267 e. The number of pyridine rings is 1. The van der Waals surface area contributed by atoms with Crippen LogP contribution in [0.25, 0.3) is 6.08 Å². The highest BCUT2D eigenvalue weighted by molar-refractivity contribution is 5.90. The van der Waals surface area contributed by atoms with Crippen LogP contribution in [0.3, 0.4) is 0 Å². The number of rotatable bonds is 8. The summed E-state index contributed by atoms with van der Waals surface area (Å²) in [4.78, 5) is 23.6. The number of ether oxygens (including phenoxy) is 1. The van der Waals surface area contributed by atoms with Crippen molar-refractivity contribution >= 4 is 12.0 Å². The predicted octanol–water partition coefficient (Wildman–Crippen LogP) is 3.21. The number of nitrogens with zero attached hydrogens (tertiary/aromatic N) is 1. The average molecular weight is 404 g/mol. The summed E-state index contributed by atoms with van der Waals surface area (Å²) in [6.45, 7) is 0.532. The van der Waals surface area contributed by atoms with E-state index in [-0.39, 0.29) is 5.56 Å². The van der Waals surface area contributed by atoms with Crippen LogP contribution < -0.4 is 15.8 Å². The van der Waals surface area contributed by atoms with Gasteiger partial charge in [0.15, 0.2) is 0 Å². The Hall–Kier alpha value is -3.64. The van der Waals surface area contributed by atoms with E-state index < -0.39 is 5.91 Å². The van der Waals surface area contributed by atoms with Crippen LogP contribution in [0.2, 0.25) is 0 Å². The third kappa shape index (κ3) is 5.68. The van der Waals surface area contributed by atoms with Gasteiger partial charge in [-0.05, 0) is 59.9 Å². The topological polar surface area (TPSA) is 80.6 Å². The van der Waals surface area contributed by atoms with Crippen LogP contribution in [0.15, 0.2) is 77.7 Å². The lowest BCUT2D eigenvalue weighted by Gasteiger charge is -2.08. The second-order valence-corrected chi connectivity index (χ2v) is 6.86. The smallest absolute Gasteiger partial charge is 0.267 e. The molecule has 1 aromatic heterocycles. The summed E-state index contributed by atoms with van der Waals surface area (Å²) in [6, 6.07) is 19.8. The fourth-order valence-electron chi connectivity index (χ4n) is 3.11. The number of aromatic nitrogens is 1. The molecule has 154 valence electrons. The Morgan fingerprint density at radius 3 is 2.30 bits per heavy atom. The number of carbonyl (C=O) groups excluding carboxylic acids is 1. The SMILES string of the molecule is COc1ccc(Cc2ccc(CCn3cccc(/C=C/C(=O)NO)c3=O)cc2)cc1. The van der Waals surface area contributed by atoms with Gasteiger partial charge in [-0.25, -0.2) is 5.48 Å². The van der Waals surface area contributed by atoms with Crippen LogP contribution in [0.1, 0.15) is 22.3 Å². The average Bonchev–Trinajstić information content (AvgIpc) is 2.79. The highest BCUT2D eigenvalue weighted by Gasteiger charge is 2.03. The van der Waals surface area contributed by atoms with Crippen molar-refractivity contribution in [1.29, 1.82) is 0 Å². The summed E-state index contributed by atoms with van der Waals surface area (Å²) < 4.78 is 6.80. The lowest BCUT2D eigenvalue weighted by atomic mass is 10.0. The number of hydrogen-bond acceptors (Lipinski definition) is 4. The molecule has 3 aromatic rings. The molecule has 0 unspecified atom stereocenters. The van der Waals surface area contributed by atoms with Crippen molar-refractivity contribution in [1.82, 2.24) is 10.0 Å². The fourth-order valence-corrected chi connectivity index (χ4v) is 3.11. The Labute approximate surface area is 175 Å². The number of hydrogen-bond donors (Lipinski definition) is 2. The zero-order chi connectivity index (χ0) is 21.3. The Morgan fingerprint density at radius 2 is 1.67 bits per heavy atom. The van der Waals surface area contributed by atoms with E-state index in [1.807, 2.05) is 12.1 Å². The van der Waals surface area contributed by atoms with Crippen LogP contribution in [0.4, 0.5) is 0 Å². The van der Waals surface area contributed by atoms with E-state index in [0.717, 1.165) is 23.8 Å². The van der Waals surface area contributed by atoms with Crippen LogP contribution in [-0.4, -0.2) is 22.8 Å². The molecule has 3 rings (SSSR count). The monoisotopic (exact) mass is 404 g/mol. The summed E-state index contributed by atoms with van der Waals surface area (Å²) in [7, 11) is 1.66. The van der Waals surface area contributed by atoms with Crippen LogP contribution in [-0.2, 0) is 24.2 Å². The molecular weight excluding hydrogens is 380 g/mol. The van der Waals surface area contributed by atoms with Gasteiger partial charge < -0.3 is 9.30 Å². The lowest BCUT2D eigenvalue weighted by Crippen LogP contribution is -2.22. The largest absolute Gasteiger partial charge is 0.497 e. The van der Waals surface area contributed by atoms with Crippen molar-refractivity contribution in [2.24, 2.45) is 0 Å². The van der Waals surface area contributed by atoms with E-state index in [9.17, 15) is 9.59 Å². The van der Waals surface area contributed by atoms with E-state index in [1.54, 1.807) is 30.0 Å². The minimum Gasteiger partial charge on any atom is -0.497 e. The van der Waals surface area contributed by atoms with Crippen molar-refractivity contribution in [3.63, 3.8) is 0 Å². The standard InChI is InChI=1S/C24H24N2O4/c1-30-22-11-8-20(9-12-22)17-19-6-4-18(5-7-19)14-16-26-15-2-3-21(24(26)28)10-13-23(27)25-29/h2-13,15,29H,14,16-17H2,1H3,(H,25,27)/b13-10+. The molecule has 0 aliphatic rings. The van der Waals surface area contributed by atoms with E-state index in [1.165, 1.54) is 22.7 Å². The van der Waals surface area contributed by atoms with Crippen molar-refractivity contribution in [3.05, 3.63) is 106 Å². The van der Waals surface area contributed by atoms with Gasteiger partial charge in [0, 0.05) is 24.4 Å². The summed E-state index contributed by atoms with van der Waals surface area (Å²) in [6.07, 6.45) is 5.79. The second-order valence-electron chi connectivity index (χ2n) is 6.86. The van der Waals surface area contributed by atoms with Gasteiger partial charge in [-0.1, -0.05) is 36.4 Å². The highest BCUT2D eigenvalue weighted by atomic mass is 16.5. The number of carbonyl (C=O) groups is 1. The summed E-state index contributed by atoms with van der Waals surface area (Å²) >= 11 is 0. The van der Waals surface area contributed by atoms with Gasteiger partial charge in [-0.2, -0.15) is 0 Å². The molecule has 0 fully saturated rings. The third-order valence-electron chi connectivity index (χ3n) is 4.81. The maximum absolute atomic E-state index is 12.5. The van der Waals surface area contributed by atoms with Gasteiger partial charge >= 0.3 is 0 Å². The number of methoxy groups -OCH3 is 1. The molecule has 1 amide bonds. The molecule has 2 N–H and O–H groups in total. The van der Waals surface area contributed by atoms with E-state index in [2.05, 4.69) is 36.4 Å². The van der Waals surface area contributed by atoms with Gasteiger partial charge in [-0.15, -0.1) is 0 Å². The van der Waals surface area contributed by atoms with Gasteiger partial charge in [0.05, 0.1) is 7.11 Å². The van der Waals surface area contributed by atoms with Gasteiger partial charge in [0.2, 0.25) is 0 Å². The number of benzene rings is 2. The number of hydroxylamine groups is 1. The zero-order valence-electron chi connectivity index (χ0n) is 16.7. The third-order valence-corrected chi connectivity index (χ3v) is 4.81. The summed E-state index contributed by atoms with van der Waals surface area (Å²) in [5.41, 5.74) is 5.28. The Kier molecular flexibility index (Phi) is 7.19. The van der Waals surface area contributed by atoms with Crippen LogP contribution >= 0.6 is 0 Å². The second kappa shape index (κ2) is 10.2. The lowest BCUT2D eigenvalue weighted by molar-refractivity contribution is -0.124. The molecule has 0 bridgehead atoms. The van der Waals surface area contributed by atoms with Gasteiger partial charge in [0.1, 0.15) is 5.75 Å². The number of amides is 1. The van der Waals surface area contributed by atoms with Crippen LogP contribution in [0.5, 0.6) is 5.75 Å². The van der Waals surface area contributed by atoms with E-state index in [4.69, 9.17) is 9.94 Å². The fraction of sp³-hybridized carbons (Fsp3) is 0.167. The van der Waals surface area contributed by atoms with Crippen molar-refractivity contribution in [2.75, 3.05) is 7.11 Å². The summed E-state index contributed by atoms with van der Waals surface area (Å²) in [5, 5.41) is 8.53. The van der Waals surface area contributed by atoms with E-state index >= 15 is 0 Å². The normalized spacial score (nSPS) is 10.9. The van der Waals surface area contributed by atoms with Crippen molar-refractivity contribution in [3.8, 4) is 5.75 Å². The summed E-state index contributed by atoms with van der Waals surface area (Å²) in [5.74, 6) is 0.167. The molecule has 1 heterocycles. The molecule has 0 spiro atoms. The van der Waals surface area contributed by atoms with Gasteiger partial charge in [-0.3, -0.25) is 14.8 Å². The van der Waals surface area contributed by atoms with Crippen LogP contribution in [0, 0.1) is 0 Å². The highest BCUT2D eigenvalue weighted by Crippen LogP contribution is 2.15.